The van der Waals surface area contributed by atoms with Crippen LogP contribution in [-0.2, 0) is 14.3 Å². The average Bonchev–Trinajstić information content (AvgIpc) is 3.31. The lowest BCUT2D eigenvalue weighted by atomic mass is 9.49. The first-order valence-corrected chi connectivity index (χ1v) is 11.3. The molecule has 0 aromatic heterocycles. The van der Waals surface area contributed by atoms with Crippen molar-refractivity contribution in [2.75, 3.05) is 19.7 Å². The largest absolute Gasteiger partial charge is 0.378 e. The molecule has 0 radical (unpaired) electrons. The second kappa shape index (κ2) is 7.06. The highest BCUT2D eigenvalue weighted by atomic mass is 16.5. The Morgan fingerprint density at radius 2 is 1.70 bits per heavy atom. The zero-order valence-corrected chi connectivity index (χ0v) is 16.5. The summed E-state index contributed by atoms with van der Waals surface area (Å²) in [4.78, 5) is 28.4. The van der Waals surface area contributed by atoms with Gasteiger partial charge < -0.3 is 15.0 Å². The lowest BCUT2D eigenvalue weighted by Gasteiger charge is -2.56. The van der Waals surface area contributed by atoms with Crippen LogP contribution in [0.3, 0.4) is 0 Å². The van der Waals surface area contributed by atoms with Crippen molar-refractivity contribution in [1.82, 2.24) is 10.2 Å². The van der Waals surface area contributed by atoms with E-state index in [1.165, 1.54) is 19.3 Å². The van der Waals surface area contributed by atoms with Gasteiger partial charge in [0.2, 0.25) is 11.8 Å². The Labute approximate surface area is 162 Å². The molecule has 0 unspecified atom stereocenters. The van der Waals surface area contributed by atoms with Gasteiger partial charge in [0, 0.05) is 19.7 Å². The molecule has 2 atom stereocenters. The highest BCUT2D eigenvalue weighted by Gasteiger charge is 2.56. The molecule has 2 saturated heterocycles. The van der Waals surface area contributed by atoms with Crippen molar-refractivity contribution in [1.29, 1.82) is 0 Å². The number of hydrogen-bond donors (Lipinski definition) is 1. The minimum absolute atomic E-state index is 0.0589. The van der Waals surface area contributed by atoms with Gasteiger partial charge in [-0.15, -0.1) is 0 Å². The summed E-state index contributed by atoms with van der Waals surface area (Å²) in [7, 11) is 0. The molecule has 6 rings (SSSR count). The summed E-state index contributed by atoms with van der Waals surface area (Å²) in [5, 5.41) is 3.10. The molecule has 0 aromatic rings. The molecule has 5 heteroatoms. The second-order valence-electron chi connectivity index (χ2n) is 10.1. The van der Waals surface area contributed by atoms with Gasteiger partial charge in [0.1, 0.15) is 6.04 Å². The van der Waals surface area contributed by atoms with Crippen LogP contribution in [0.15, 0.2) is 0 Å². The zero-order chi connectivity index (χ0) is 18.4. The molecular weight excluding hydrogens is 340 g/mol. The Hall–Kier alpha value is -1.10. The van der Waals surface area contributed by atoms with Crippen molar-refractivity contribution in [3.8, 4) is 0 Å². The van der Waals surface area contributed by atoms with Crippen LogP contribution in [0.4, 0.5) is 0 Å². The van der Waals surface area contributed by atoms with Crippen LogP contribution in [0.1, 0.15) is 70.6 Å². The van der Waals surface area contributed by atoms with E-state index in [0.29, 0.717) is 18.6 Å². The Morgan fingerprint density at radius 1 is 1.00 bits per heavy atom. The minimum Gasteiger partial charge on any atom is -0.378 e. The molecule has 0 aromatic carbocycles. The van der Waals surface area contributed by atoms with Crippen LogP contribution in [0, 0.1) is 23.2 Å². The molecule has 150 valence electrons. The summed E-state index contributed by atoms with van der Waals surface area (Å²) in [6.45, 7) is 2.29. The molecule has 5 nitrogen and oxygen atoms in total. The summed E-state index contributed by atoms with van der Waals surface area (Å²) in [6.07, 6.45) is 12.5. The first-order chi connectivity index (χ1) is 13.1. The molecule has 4 aliphatic carbocycles. The number of nitrogens with zero attached hydrogens (tertiary/aromatic N) is 1. The maximum Gasteiger partial charge on any atom is 0.242 e. The number of hydrogen-bond acceptors (Lipinski definition) is 3. The molecule has 6 fully saturated rings. The summed E-state index contributed by atoms with van der Waals surface area (Å²) in [5.74, 6) is 2.67. The molecule has 0 spiro atoms. The van der Waals surface area contributed by atoms with E-state index in [9.17, 15) is 9.59 Å². The van der Waals surface area contributed by atoms with E-state index in [1.807, 2.05) is 4.90 Å². The maximum absolute atomic E-state index is 13.6. The van der Waals surface area contributed by atoms with Gasteiger partial charge in [-0.3, -0.25) is 9.59 Å². The van der Waals surface area contributed by atoms with Crippen LogP contribution in [-0.4, -0.2) is 48.6 Å². The van der Waals surface area contributed by atoms with E-state index in [2.05, 4.69) is 5.32 Å². The highest BCUT2D eigenvalue weighted by molar-refractivity contribution is 5.91. The molecule has 27 heavy (non-hydrogen) atoms. The molecule has 2 amide bonds. The normalized spacial score (nSPS) is 42.7. The average molecular weight is 375 g/mol. The van der Waals surface area contributed by atoms with Crippen LogP contribution in [0.5, 0.6) is 0 Å². The standard InChI is InChI=1S/C22H34N2O3/c25-20(23-6-5-18-3-2-8-27-18)19-4-1-7-24(19)21(26)22-12-15-9-16(13-22)11-17(10-15)14-22/h15-19H,1-14H2,(H,23,25)/t15?,16?,17?,18-,19+,22?/m1/s1. The zero-order valence-electron chi connectivity index (χ0n) is 16.5. The fourth-order valence-corrected chi connectivity index (χ4v) is 7.31. The summed E-state index contributed by atoms with van der Waals surface area (Å²) >= 11 is 0. The fourth-order valence-electron chi connectivity index (χ4n) is 7.31. The van der Waals surface area contributed by atoms with E-state index in [4.69, 9.17) is 4.74 Å². The number of amides is 2. The van der Waals surface area contributed by atoms with Gasteiger partial charge in [-0.1, -0.05) is 0 Å². The minimum atomic E-state index is -0.241. The first-order valence-electron chi connectivity index (χ1n) is 11.3. The third-order valence-electron chi connectivity index (χ3n) is 8.10. The number of carbonyl (C=O) groups is 2. The quantitative estimate of drug-likeness (QED) is 0.805. The predicted octanol–water partition coefficient (Wildman–Crippen LogP) is 2.88. The van der Waals surface area contributed by atoms with Gasteiger partial charge >= 0.3 is 0 Å². The topological polar surface area (TPSA) is 58.6 Å². The van der Waals surface area contributed by atoms with Crippen LogP contribution < -0.4 is 5.32 Å². The number of carbonyl (C=O) groups excluding carboxylic acids is 2. The monoisotopic (exact) mass is 374 g/mol. The Morgan fingerprint density at radius 3 is 2.33 bits per heavy atom. The van der Waals surface area contributed by atoms with E-state index < -0.39 is 0 Å². The number of rotatable bonds is 5. The van der Waals surface area contributed by atoms with E-state index in [-0.39, 0.29) is 17.4 Å². The molecular formula is C22H34N2O3. The number of nitrogens with one attached hydrogen (secondary N) is 1. The Bertz CT molecular complexity index is 563. The lowest BCUT2D eigenvalue weighted by Crippen LogP contribution is -2.57. The fraction of sp³-hybridized carbons (Fsp3) is 0.909. The van der Waals surface area contributed by atoms with Crippen molar-refractivity contribution in [3.05, 3.63) is 0 Å². The van der Waals surface area contributed by atoms with Crippen molar-refractivity contribution >= 4 is 11.8 Å². The number of ether oxygens (including phenoxy) is 1. The van der Waals surface area contributed by atoms with Crippen molar-refractivity contribution < 1.29 is 14.3 Å². The highest BCUT2D eigenvalue weighted by Crippen LogP contribution is 2.60. The van der Waals surface area contributed by atoms with Gasteiger partial charge in [-0.25, -0.2) is 0 Å². The van der Waals surface area contributed by atoms with E-state index >= 15 is 0 Å². The Balaban J connectivity index is 1.21. The van der Waals surface area contributed by atoms with Gasteiger partial charge in [0.25, 0.3) is 0 Å². The molecule has 4 saturated carbocycles. The summed E-state index contributed by atoms with van der Waals surface area (Å²) in [5.41, 5.74) is -0.130. The molecule has 4 bridgehead atoms. The maximum atomic E-state index is 13.6. The molecule has 1 N–H and O–H groups in total. The SMILES string of the molecule is O=C(NCC[C@H]1CCCO1)[C@@H]1CCCN1C(=O)C12CC3CC(CC(C3)C1)C2. The van der Waals surface area contributed by atoms with Crippen molar-refractivity contribution in [2.45, 2.75) is 82.8 Å². The second-order valence-corrected chi connectivity index (χ2v) is 10.1. The Kier molecular flexibility index (Phi) is 4.69. The first kappa shape index (κ1) is 18.0. The third-order valence-corrected chi connectivity index (χ3v) is 8.10. The van der Waals surface area contributed by atoms with Crippen LogP contribution >= 0.6 is 0 Å². The van der Waals surface area contributed by atoms with Crippen molar-refractivity contribution in [3.63, 3.8) is 0 Å². The molecule has 2 heterocycles. The van der Waals surface area contributed by atoms with Gasteiger partial charge in [0.05, 0.1) is 11.5 Å². The van der Waals surface area contributed by atoms with E-state index in [0.717, 1.165) is 82.3 Å². The lowest BCUT2D eigenvalue weighted by molar-refractivity contribution is -0.160. The molecule has 6 aliphatic rings. The van der Waals surface area contributed by atoms with E-state index in [1.54, 1.807) is 0 Å². The smallest absolute Gasteiger partial charge is 0.242 e. The summed E-state index contributed by atoms with van der Waals surface area (Å²) in [6, 6.07) is -0.241. The predicted molar refractivity (Wildman–Crippen MR) is 102 cm³/mol. The third kappa shape index (κ3) is 3.30. The summed E-state index contributed by atoms with van der Waals surface area (Å²) < 4.78 is 5.64. The van der Waals surface area contributed by atoms with Gasteiger partial charge in [-0.05, 0) is 88.4 Å². The van der Waals surface area contributed by atoms with Gasteiger partial charge in [-0.2, -0.15) is 0 Å². The van der Waals surface area contributed by atoms with Crippen LogP contribution in [0.2, 0.25) is 0 Å². The number of likely N-dealkylation sites (tertiary alicyclic amines) is 1. The molecule has 2 aliphatic heterocycles. The van der Waals surface area contributed by atoms with Gasteiger partial charge in [0.15, 0.2) is 0 Å². The van der Waals surface area contributed by atoms with Crippen LogP contribution in [0.25, 0.3) is 0 Å². The van der Waals surface area contributed by atoms with Crippen molar-refractivity contribution in [2.24, 2.45) is 23.2 Å².